The number of nitrogen functional groups attached to an aromatic ring is 1. The van der Waals surface area contributed by atoms with Gasteiger partial charge in [-0.05, 0) is 66.8 Å². The molecule has 4 nitrogen and oxygen atoms in total. The Morgan fingerprint density at radius 3 is 2.74 bits per heavy atom. The van der Waals surface area contributed by atoms with Crippen LogP contribution in [0.1, 0.15) is 58.7 Å². The van der Waals surface area contributed by atoms with E-state index in [9.17, 15) is 8.78 Å². The monoisotopic (exact) mass is 416 g/mol. The summed E-state index contributed by atoms with van der Waals surface area (Å²) >= 11 is 0. The molecule has 1 unspecified atom stereocenters. The second kappa shape index (κ2) is 8.57. The first-order chi connectivity index (χ1) is 15.0. The Bertz CT molecular complexity index is 1180. The number of nitrogens with zero attached hydrogens (tertiary/aromatic N) is 1. The minimum Gasteiger partial charge on any atom is -0.398 e. The van der Waals surface area contributed by atoms with Crippen molar-refractivity contribution in [3.05, 3.63) is 94.0 Å². The molecule has 0 saturated carbocycles. The van der Waals surface area contributed by atoms with Gasteiger partial charge in [-0.15, -0.1) is 0 Å². The number of nitriles is 1. The molecule has 1 atom stereocenters. The van der Waals surface area contributed by atoms with Crippen molar-refractivity contribution in [2.75, 3.05) is 11.1 Å². The summed E-state index contributed by atoms with van der Waals surface area (Å²) in [4.78, 5) is 0. The van der Waals surface area contributed by atoms with Crippen molar-refractivity contribution >= 4 is 17.1 Å². The van der Waals surface area contributed by atoms with Crippen LogP contribution >= 0.6 is 0 Å². The number of fused-ring (bicyclic) bond motifs is 1. The number of aryl methyl sites for hydroxylation is 1. The summed E-state index contributed by atoms with van der Waals surface area (Å²) in [5.41, 5.74) is 11.2. The van der Waals surface area contributed by atoms with Crippen molar-refractivity contribution < 1.29 is 8.78 Å². The molecule has 1 aliphatic rings. The van der Waals surface area contributed by atoms with Gasteiger partial charge in [-0.25, -0.2) is 8.78 Å². The van der Waals surface area contributed by atoms with E-state index in [1.807, 2.05) is 24.3 Å². The van der Waals surface area contributed by atoms with Gasteiger partial charge in [0.25, 0.3) is 6.43 Å². The van der Waals surface area contributed by atoms with E-state index < -0.39 is 6.43 Å². The highest BCUT2D eigenvalue weighted by molar-refractivity contribution is 6.14. The van der Waals surface area contributed by atoms with Crippen LogP contribution < -0.4 is 11.1 Å². The standard InChI is InChI=1S/C25H22F2N4/c26-25(27)18-5-1-4-17(12-18)24(30)21-13-19(8-10-22(21)29)31-23-6-2-3-16-11-15(14-28)7-9-20(16)23/h1,4-5,7-13,23,25,30-31H,2-3,6,29H2. The van der Waals surface area contributed by atoms with Crippen LogP contribution in [0.4, 0.5) is 20.2 Å². The van der Waals surface area contributed by atoms with Crippen LogP contribution in [0.5, 0.6) is 0 Å². The number of nitrogens with two attached hydrogens (primary N) is 1. The second-order valence-corrected chi connectivity index (χ2v) is 7.72. The predicted octanol–water partition coefficient (Wildman–Crippen LogP) is 5.98. The van der Waals surface area contributed by atoms with E-state index in [-0.39, 0.29) is 17.3 Å². The van der Waals surface area contributed by atoms with Crippen LogP contribution in [-0.2, 0) is 6.42 Å². The molecule has 0 heterocycles. The van der Waals surface area contributed by atoms with Gasteiger partial charge in [-0.1, -0.05) is 24.3 Å². The minimum atomic E-state index is -2.59. The molecule has 0 aliphatic heterocycles. The second-order valence-electron chi connectivity index (χ2n) is 7.72. The summed E-state index contributed by atoms with van der Waals surface area (Å²) < 4.78 is 26.1. The third-order valence-corrected chi connectivity index (χ3v) is 5.68. The van der Waals surface area contributed by atoms with Crippen molar-refractivity contribution in [2.45, 2.75) is 31.7 Å². The average Bonchev–Trinajstić information content (AvgIpc) is 2.79. The molecule has 0 aromatic heterocycles. The predicted molar refractivity (Wildman–Crippen MR) is 119 cm³/mol. The van der Waals surface area contributed by atoms with Crippen molar-refractivity contribution in [2.24, 2.45) is 0 Å². The highest BCUT2D eigenvalue weighted by Gasteiger charge is 2.21. The molecule has 4 N–H and O–H groups in total. The lowest BCUT2D eigenvalue weighted by Gasteiger charge is -2.28. The van der Waals surface area contributed by atoms with Crippen molar-refractivity contribution in [3.8, 4) is 6.07 Å². The SMILES string of the molecule is N#Cc1ccc2c(c1)CCCC2Nc1ccc(N)c(C(=N)c2cccc(C(F)F)c2)c1. The van der Waals surface area contributed by atoms with Gasteiger partial charge in [0.2, 0.25) is 0 Å². The third kappa shape index (κ3) is 4.26. The molecule has 1 aliphatic carbocycles. The van der Waals surface area contributed by atoms with E-state index >= 15 is 0 Å². The maximum atomic E-state index is 13.1. The Hall–Kier alpha value is -3.72. The Morgan fingerprint density at radius 2 is 1.97 bits per heavy atom. The van der Waals surface area contributed by atoms with Gasteiger partial charge < -0.3 is 11.1 Å². The number of alkyl halides is 2. The molecule has 31 heavy (non-hydrogen) atoms. The molecular formula is C25H22F2N4. The maximum Gasteiger partial charge on any atom is 0.263 e. The van der Waals surface area contributed by atoms with E-state index in [0.29, 0.717) is 22.4 Å². The summed E-state index contributed by atoms with van der Waals surface area (Å²) in [6, 6.07) is 19.3. The summed E-state index contributed by atoms with van der Waals surface area (Å²) in [5.74, 6) is 0. The maximum absolute atomic E-state index is 13.1. The number of benzene rings is 3. The first-order valence-electron chi connectivity index (χ1n) is 10.1. The zero-order valence-corrected chi connectivity index (χ0v) is 16.8. The van der Waals surface area contributed by atoms with Crippen molar-refractivity contribution in [1.82, 2.24) is 0 Å². The normalized spacial score (nSPS) is 15.2. The number of nitrogens with one attached hydrogen (secondary N) is 2. The molecule has 4 rings (SSSR count). The summed E-state index contributed by atoms with van der Waals surface area (Å²) in [7, 11) is 0. The van der Waals surface area contributed by atoms with E-state index in [2.05, 4.69) is 11.4 Å². The number of anilines is 2. The summed E-state index contributed by atoms with van der Waals surface area (Å²) in [6.07, 6.45) is 0.316. The number of halogens is 2. The summed E-state index contributed by atoms with van der Waals surface area (Å²) in [6.45, 7) is 0. The number of hydrogen-bond donors (Lipinski definition) is 3. The first-order valence-corrected chi connectivity index (χ1v) is 10.1. The molecular weight excluding hydrogens is 394 g/mol. The van der Waals surface area contributed by atoms with E-state index in [1.54, 1.807) is 18.2 Å². The lowest BCUT2D eigenvalue weighted by molar-refractivity contribution is 0.151. The van der Waals surface area contributed by atoms with Crippen LogP contribution in [0.15, 0.2) is 60.7 Å². The lowest BCUT2D eigenvalue weighted by Crippen LogP contribution is -2.18. The Kier molecular flexibility index (Phi) is 5.68. The molecule has 156 valence electrons. The topological polar surface area (TPSA) is 85.7 Å². The quantitative estimate of drug-likeness (QED) is 0.353. The molecule has 0 spiro atoms. The third-order valence-electron chi connectivity index (χ3n) is 5.68. The van der Waals surface area contributed by atoms with Crippen LogP contribution in [0, 0.1) is 16.7 Å². The molecule has 6 heteroatoms. The Morgan fingerprint density at radius 1 is 1.13 bits per heavy atom. The Labute approximate surface area is 179 Å². The van der Waals surface area contributed by atoms with Crippen LogP contribution in [0.25, 0.3) is 0 Å². The van der Waals surface area contributed by atoms with Gasteiger partial charge in [0, 0.05) is 28.1 Å². The average molecular weight is 416 g/mol. The zero-order chi connectivity index (χ0) is 22.0. The van der Waals surface area contributed by atoms with E-state index in [1.165, 1.54) is 29.3 Å². The largest absolute Gasteiger partial charge is 0.398 e. The molecule has 0 fully saturated rings. The summed E-state index contributed by atoms with van der Waals surface area (Å²) in [5, 5.41) is 21.2. The lowest BCUT2D eigenvalue weighted by atomic mass is 9.86. The fourth-order valence-corrected chi connectivity index (χ4v) is 4.08. The van der Waals surface area contributed by atoms with Gasteiger partial charge in [-0.3, -0.25) is 5.41 Å². The fourth-order valence-electron chi connectivity index (χ4n) is 4.08. The highest BCUT2D eigenvalue weighted by atomic mass is 19.3. The van der Waals surface area contributed by atoms with E-state index in [0.717, 1.165) is 24.9 Å². The van der Waals surface area contributed by atoms with Gasteiger partial charge in [0.1, 0.15) is 0 Å². The number of hydrogen-bond acceptors (Lipinski definition) is 4. The van der Waals surface area contributed by atoms with Crippen molar-refractivity contribution in [3.63, 3.8) is 0 Å². The van der Waals surface area contributed by atoms with Crippen LogP contribution in [-0.4, -0.2) is 5.71 Å². The first kappa shape index (κ1) is 20.5. The van der Waals surface area contributed by atoms with Gasteiger partial charge in [-0.2, -0.15) is 5.26 Å². The number of rotatable bonds is 5. The van der Waals surface area contributed by atoms with Gasteiger partial charge in [0.15, 0.2) is 0 Å². The fraction of sp³-hybridized carbons (Fsp3) is 0.200. The molecule has 0 amide bonds. The zero-order valence-electron chi connectivity index (χ0n) is 16.8. The Balaban J connectivity index is 1.62. The van der Waals surface area contributed by atoms with Crippen molar-refractivity contribution in [1.29, 1.82) is 10.7 Å². The van der Waals surface area contributed by atoms with Gasteiger partial charge in [0.05, 0.1) is 23.4 Å². The minimum absolute atomic E-state index is 0.0873. The molecule has 3 aromatic carbocycles. The molecule has 0 radical (unpaired) electrons. The molecule has 3 aromatic rings. The highest BCUT2D eigenvalue weighted by Crippen LogP contribution is 2.34. The van der Waals surface area contributed by atoms with Gasteiger partial charge >= 0.3 is 0 Å². The van der Waals surface area contributed by atoms with Crippen LogP contribution in [0.2, 0.25) is 0 Å². The van der Waals surface area contributed by atoms with Crippen LogP contribution in [0.3, 0.4) is 0 Å². The molecule has 0 bridgehead atoms. The molecule has 0 saturated heterocycles. The van der Waals surface area contributed by atoms with E-state index in [4.69, 9.17) is 16.4 Å². The smallest absolute Gasteiger partial charge is 0.263 e.